The van der Waals surface area contributed by atoms with Gasteiger partial charge in [-0.15, -0.1) is 0 Å². The van der Waals surface area contributed by atoms with Gasteiger partial charge in [-0.2, -0.15) is 0 Å². The van der Waals surface area contributed by atoms with Crippen LogP contribution in [0.1, 0.15) is 35.2 Å². The molecule has 0 bridgehead atoms. The van der Waals surface area contributed by atoms with Crippen LogP contribution in [0.2, 0.25) is 0 Å². The lowest BCUT2D eigenvalue weighted by Gasteiger charge is -2.29. The van der Waals surface area contributed by atoms with Crippen LogP contribution in [0.3, 0.4) is 0 Å². The van der Waals surface area contributed by atoms with Crippen LogP contribution in [0.25, 0.3) is 0 Å². The monoisotopic (exact) mass is 273 g/mol. The van der Waals surface area contributed by atoms with Crippen molar-refractivity contribution in [1.29, 1.82) is 0 Å². The third-order valence-electron chi connectivity index (χ3n) is 4.36. The second-order valence-corrected chi connectivity index (χ2v) is 5.95. The maximum Gasteiger partial charge on any atom is 0.251 e. The highest BCUT2D eigenvalue weighted by Gasteiger charge is 2.19. The number of fused-ring (bicyclic) bond motifs is 1. The summed E-state index contributed by atoms with van der Waals surface area (Å²) in [5.41, 5.74) is 3.26. The molecule has 4 heteroatoms. The molecule has 108 valence electrons. The lowest BCUT2D eigenvalue weighted by atomic mass is 10.00. The minimum Gasteiger partial charge on any atom is -0.385 e. The van der Waals surface area contributed by atoms with Crippen LogP contribution in [0, 0.1) is 0 Å². The predicted octanol–water partition coefficient (Wildman–Crippen LogP) is 1.87. The van der Waals surface area contributed by atoms with Crippen molar-refractivity contribution in [2.45, 2.75) is 31.7 Å². The van der Waals surface area contributed by atoms with E-state index in [1.165, 1.54) is 11.3 Å². The van der Waals surface area contributed by atoms with Crippen LogP contribution < -0.4 is 10.6 Å². The SMILES string of the molecule is CN1CCC(NC(=O)c2ccc3c(c2)CCCN3)CC1. The van der Waals surface area contributed by atoms with Crippen molar-refractivity contribution in [1.82, 2.24) is 10.2 Å². The van der Waals surface area contributed by atoms with Crippen LogP contribution in [0.4, 0.5) is 5.69 Å². The number of nitrogens with one attached hydrogen (secondary N) is 2. The molecule has 2 heterocycles. The van der Waals surface area contributed by atoms with Gasteiger partial charge < -0.3 is 15.5 Å². The van der Waals surface area contributed by atoms with E-state index < -0.39 is 0 Å². The van der Waals surface area contributed by atoms with Gasteiger partial charge >= 0.3 is 0 Å². The van der Waals surface area contributed by atoms with Gasteiger partial charge in [0.05, 0.1) is 0 Å². The van der Waals surface area contributed by atoms with Crippen molar-refractivity contribution >= 4 is 11.6 Å². The zero-order valence-electron chi connectivity index (χ0n) is 12.1. The van der Waals surface area contributed by atoms with Crippen LogP contribution in [0.15, 0.2) is 18.2 Å². The smallest absolute Gasteiger partial charge is 0.251 e. The quantitative estimate of drug-likeness (QED) is 0.864. The standard InChI is InChI=1S/C16H23N3O/c1-19-9-6-14(7-10-19)18-16(20)13-4-5-15-12(11-13)3-2-8-17-15/h4-5,11,14,17H,2-3,6-10H2,1H3,(H,18,20). The van der Waals surface area contributed by atoms with Crippen LogP contribution in [0.5, 0.6) is 0 Å². The molecule has 1 aromatic rings. The second kappa shape index (κ2) is 5.83. The average Bonchev–Trinajstić information content (AvgIpc) is 2.49. The van der Waals surface area contributed by atoms with E-state index in [-0.39, 0.29) is 5.91 Å². The van der Waals surface area contributed by atoms with Crippen molar-refractivity contribution < 1.29 is 4.79 Å². The highest BCUT2D eigenvalue weighted by atomic mass is 16.1. The topological polar surface area (TPSA) is 44.4 Å². The number of aryl methyl sites for hydroxylation is 1. The largest absolute Gasteiger partial charge is 0.385 e. The Balaban J connectivity index is 1.65. The van der Waals surface area contributed by atoms with E-state index in [0.29, 0.717) is 6.04 Å². The summed E-state index contributed by atoms with van der Waals surface area (Å²) in [6, 6.07) is 6.35. The molecule has 0 radical (unpaired) electrons. The van der Waals surface area contributed by atoms with Gasteiger partial charge in [0, 0.05) is 23.8 Å². The first-order valence-electron chi connectivity index (χ1n) is 7.58. The molecule has 0 aromatic heterocycles. The number of benzene rings is 1. The number of carbonyl (C=O) groups is 1. The van der Waals surface area contributed by atoms with Gasteiger partial charge in [-0.1, -0.05) is 0 Å². The summed E-state index contributed by atoms with van der Waals surface area (Å²) in [5, 5.41) is 6.55. The molecule has 1 aromatic carbocycles. The van der Waals surface area contributed by atoms with Gasteiger partial charge in [0.25, 0.3) is 5.91 Å². The molecule has 4 nitrogen and oxygen atoms in total. The number of carbonyl (C=O) groups excluding carboxylic acids is 1. The number of anilines is 1. The zero-order chi connectivity index (χ0) is 13.9. The number of hydrogen-bond acceptors (Lipinski definition) is 3. The van der Waals surface area contributed by atoms with Crippen LogP contribution in [-0.4, -0.2) is 43.5 Å². The van der Waals surface area contributed by atoms with E-state index in [9.17, 15) is 4.79 Å². The summed E-state index contributed by atoms with van der Waals surface area (Å²) in [6.45, 7) is 3.17. The maximum absolute atomic E-state index is 12.3. The molecular weight excluding hydrogens is 250 g/mol. The third-order valence-corrected chi connectivity index (χ3v) is 4.36. The molecule has 3 rings (SSSR count). The van der Waals surface area contributed by atoms with E-state index in [1.807, 2.05) is 18.2 Å². The minimum atomic E-state index is 0.0768. The van der Waals surface area contributed by atoms with E-state index in [1.54, 1.807) is 0 Å². The number of amides is 1. The zero-order valence-corrected chi connectivity index (χ0v) is 12.1. The normalized spacial score (nSPS) is 20.1. The van der Waals surface area contributed by atoms with E-state index in [4.69, 9.17) is 0 Å². The molecule has 0 saturated carbocycles. The Labute approximate surface area is 120 Å². The van der Waals surface area contributed by atoms with Gasteiger partial charge in [-0.05, 0) is 69.6 Å². The Morgan fingerprint density at radius 2 is 2.15 bits per heavy atom. The Morgan fingerprint density at radius 3 is 2.95 bits per heavy atom. The van der Waals surface area contributed by atoms with Gasteiger partial charge in [-0.25, -0.2) is 0 Å². The van der Waals surface area contributed by atoms with E-state index in [0.717, 1.165) is 50.9 Å². The Bertz CT molecular complexity index is 492. The number of rotatable bonds is 2. The fourth-order valence-corrected chi connectivity index (χ4v) is 3.04. The minimum absolute atomic E-state index is 0.0768. The highest BCUT2D eigenvalue weighted by molar-refractivity contribution is 5.95. The van der Waals surface area contributed by atoms with Gasteiger partial charge in [0.15, 0.2) is 0 Å². The Kier molecular flexibility index (Phi) is 3.92. The molecule has 1 amide bonds. The van der Waals surface area contributed by atoms with Gasteiger partial charge in [0.1, 0.15) is 0 Å². The molecule has 2 N–H and O–H groups in total. The van der Waals surface area contributed by atoms with Crippen molar-refractivity contribution in [2.75, 3.05) is 32.0 Å². The van der Waals surface area contributed by atoms with Crippen LogP contribution in [-0.2, 0) is 6.42 Å². The van der Waals surface area contributed by atoms with Crippen molar-refractivity contribution in [3.8, 4) is 0 Å². The maximum atomic E-state index is 12.3. The molecule has 0 atom stereocenters. The molecule has 1 fully saturated rings. The molecule has 0 aliphatic carbocycles. The first-order valence-corrected chi connectivity index (χ1v) is 7.58. The highest BCUT2D eigenvalue weighted by Crippen LogP contribution is 2.23. The van der Waals surface area contributed by atoms with Crippen molar-refractivity contribution in [3.63, 3.8) is 0 Å². The van der Waals surface area contributed by atoms with Crippen molar-refractivity contribution in [2.24, 2.45) is 0 Å². The Hall–Kier alpha value is -1.55. The number of hydrogen-bond donors (Lipinski definition) is 2. The van der Waals surface area contributed by atoms with E-state index >= 15 is 0 Å². The fourth-order valence-electron chi connectivity index (χ4n) is 3.04. The van der Waals surface area contributed by atoms with E-state index in [2.05, 4.69) is 22.6 Å². The summed E-state index contributed by atoms with van der Waals surface area (Å²) in [7, 11) is 2.13. The molecule has 2 aliphatic heterocycles. The predicted molar refractivity (Wildman–Crippen MR) is 81.2 cm³/mol. The molecule has 1 saturated heterocycles. The second-order valence-electron chi connectivity index (χ2n) is 5.95. The summed E-state index contributed by atoms with van der Waals surface area (Å²) in [5.74, 6) is 0.0768. The average molecular weight is 273 g/mol. The number of nitrogens with zero attached hydrogens (tertiary/aromatic N) is 1. The summed E-state index contributed by atoms with van der Waals surface area (Å²) < 4.78 is 0. The van der Waals surface area contributed by atoms with Gasteiger partial charge in [0.2, 0.25) is 0 Å². The summed E-state index contributed by atoms with van der Waals surface area (Å²) in [4.78, 5) is 14.6. The Morgan fingerprint density at radius 1 is 1.35 bits per heavy atom. The summed E-state index contributed by atoms with van der Waals surface area (Å²) in [6.07, 6.45) is 4.31. The summed E-state index contributed by atoms with van der Waals surface area (Å²) >= 11 is 0. The lowest BCUT2D eigenvalue weighted by Crippen LogP contribution is -2.43. The first kappa shape index (κ1) is 13.4. The fraction of sp³-hybridized carbons (Fsp3) is 0.562. The third kappa shape index (κ3) is 2.96. The molecule has 2 aliphatic rings. The number of piperidine rings is 1. The first-order chi connectivity index (χ1) is 9.72. The molecule has 0 spiro atoms. The molecule has 20 heavy (non-hydrogen) atoms. The molecule has 0 unspecified atom stereocenters. The van der Waals surface area contributed by atoms with Crippen molar-refractivity contribution in [3.05, 3.63) is 29.3 Å². The van der Waals surface area contributed by atoms with Gasteiger partial charge in [-0.3, -0.25) is 4.79 Å². The lowest BCUT2D eigenvalue weighted by molar-refractivity contribution is 0.0917. The molecular formula is C16H23N3O. The number of likely N-dealkylation sites (tertiary alicyclic amines) is 1. The van der Waals surface area contributed by atoms with Crippen LogP contribution >= 0.6 is 0 Å².